The Kier molecular flexibility index (Phi) is 9.52. The average molecular weight is 486 g/mol. The molecule has 1 fully saturated rings. The van der Waals surface area contributed by atoms with Gasteiger partial charge in [-0.3, -0.25) is 14.4 Å². The van der Waals surface area contributed by atoms with Crippen molar-refractivity contribution in [1.29, 1.82) is 0 Å². The van der Waals surface area contributed by atoms with E-state index >= 15 is 0 Å². The molecule has 1 aliphatic rings. The summed E-state index contributed by atoms with van der Waals surface area (Å²) in [6.07, 6.45) is 4.14. The van der Waals surface area contributed by atoms with E-state index in [0.29, 0.717) is 42.1 Å². The van der Waals surface area contributed by atoms with Crippen LogP contribution in [-0.2, 0) is 9.53 Å². The average Bonchev–Trinajstić information content (AvgIpc) is 2.84. The molecule has 1 amide bonds. The van der Waals surface area contributed by atoms with Gasteiger partial charge in [-0.05, 0) is 94.0 Å². The zero-order chi connectivity index (χ0) is 24.5. The van der Waals surface area contributed by atoms with Crippen LogP contribution in [0, 0.1) is 12.8 Å². The quantitative estimate of drug-likeness (QED) is 0.271. The van der Waals surface area contributed by atoms with E-state index in [-0.39, 0.29) is 29.7 Å². The van der Waals surface area contributed by atoms with Crippen molar-refractivity contribution in [2.75, 3.05) is 13.2 Å². The van der Waals surface area contributed by atoms with Gasteiger partial charge in [-0.2, -0.15) is 0 Å². The summed E-state index contributed by atoms with van der Waals surface area (Å²) in [7, 11) is 0. The Labute approximate surface area is 206 Å². The van der Waals surface area contributed by atoms with E-state index in [1.165, 1.54) is 0 Å². The van der Waals surface area contributed by atoms with Crippen LogP contribution in [0.3, 0.4) is 0 Å². The summed E-state index contributed by atoms with van der Waals surface area (Å²) in [6, 6.07) is 12.3. The van der Waals surface area contributed by atoms with Crippen LogP contribution in [0.4, 0.5) is 0 Å². The van der Waals surface area contributed by atoms with Gasteiger partial charge in [0.25, 0.3) is 5.91 Å². The Hall–Kier alpha value is -2.86. The first kappa shape index (κ1) is 25.8. The molecular weight excluding hydrogens is 454 g/mol. The number of amides is 1. The summed E-state index contributed by atoms with van der Waals surface area (Å²) in [6.45, 7) is 4.51. The second-order valence-electron chi connectivity index (χ2n) is 8.61. The third-order valence-electron chi connectivity index (χ3n) is 6.06. The Morgan fingerprint density at radius 1 is 1.00 bits per heavy atom. The van der Waals surface area contributed by atoms with Gasteiger partial charge in [0.05, 0.1) is 18.6 Å². The smallest absolute Gasteiger partial charge is 0.308 e. The molecule has 0 aliphatic heterocycles. The molecule has 0 unspecified atom stereocenters. The lowest BCUT2D eigenvalue weighted by Crippen LogP contribution is -2.29. The third kappa shape index (κ3) is 7.32. The molecular formula is C27H32ClNO5. The topological polar surface area (TPSA) is 81.7 Å². The highest BCUT2D eigenvalue weighted by molar-refractivity contribution is 6.31. The SMILES string of the molecule is CCOC(=O)C1CCC(Oc2ccc(C(=O)CCCNC(=O)c3ccc(Cl)c(C)c3)cc2)CC1. The van der Waals surface area contributed by atoms with Crippen LogP contribution in [0.1, 0.15) is 71.7 Å². The van der Waals surface area contributed by atoms with Crippen molar-refractivity contribution in [3.8, 4) is 5.75 Å². The number of ketones is 1. The van der Waals surface area contributed by atoms with Crippen molar-refractivity contribution in [3.05, 3.63) is 64.2 Å². The number of nitrogens with one attached hydrogen (secondary N) is 1. The number of rotatable bonds is 10. The standard InChI is InChI=1S/C27H32ClNO5/c1-3-33-27(32)20-8-13-23(14-9-20)34-22-11-6-19(7-12-22)25(30)5-4-16-29-26(31)21-10-15-24(28)18(2)17-21/h6-7,10-12,15,17,20,23H,3-5,8-9,13-14,16H2,1-2H3,(H,29,31). The van der Waals surface area contributed by atoms with Crippen LogP contribution in [0.5, 0.6) is 5.75 Å². The van der Waals surface area contributed by atoms with Crippen molar-refractivity contribution in [1.82, 2.24) is 5.32 Å². The minimum absolute atomic E-state index is 0.0260. The fourth-order valence-corrected chi connectivity index (χ4v) is 4.19. The molecule has 0 heterocycles. The highest BCUT2D eigenvalue weighted by atomic mass is 35.5. The molecule has 1 aliphatic carbocycles. The van der Waals surface area contributed by atoms with Gasteiger partial charge in [0, 0.05) is 29.1 Å². The molecule has 1 N–H and O–H groups in total. The molecule has 7 heteroatoms. The van der Waals surface area contributed by atoms with Gasteiger partial charge in [0.1, 0.15) is 5.75 Å². The molecule has 2 aromatic carbocycles. The fraction of sp³-hybridized carbons (Fsp3) is 0.444. The first-order chi connectivity index (χ1) is 16.4. The molecule has 0 spiro atoms. The van der Waals surface area contributed by atoms with Crippen molar-refractivity contribution in [2.45, 2.75) is 58.5 Å². The van der Waals surface area contributed by atoms with E-state index < -0.39 is 0 Å². The number of halogens is 1. The Balaban J connectivity index is 1.38. The van der Waals surface area contributed by atoms with Gasteiger partial charge >= 0.3 is 5.97 Å². The van der Waals surface area contributed by atoms with E-state index in [1.54, 1.807) is 30.3 Å². The van der Waals surface area contributed by atoms with Crippen molar-refractivity contribution in [2.24, 2.45) is 5.92 Å². The lowest BCUT2D eigenvalue weighted by molar-refractivity contribution is -0.149. The van der Waals surface area contributed by atoms with Gasteiger partial charge < -0.3 is 14.8 Å². The summed E-state index contributed by atoms with van der Waals surface area (Å²) in [5.41, 5.74) is 2.03. The summed E-state index contributed by atoms with van der Waals surface area (Å²) in [5, 5.41) is 3.47. The zero-order valence-electron chi connectivity index (χ0n) is 19.8. The maximum absolute atomic E-state index is 12.5. The predicted molar refractivity (Wildman–Crippen MR) is 132 cm³/mol. The second kappa shape index (κ2) is 12.6. The van der Waals surface area contributed by atoms with E-state index in [9.17, 15) is 14.4 Å². The molecule has 0 aromatic heterocycles. The summed E-state index contributed by atoms with van der Waals surface area (Å²) < 4.78 is 11.2. The number of carbonyl (C=O) groups is 3. The number of benzene rings is 2. The molecule has 2 aromatic rings. The van der Waals surface area contributed by atoms with Crippen LogP contribution < -0.4 is 10.1 Å². The van der Waals surface area contributed by atoms with Gasteiger partial charge in [-0.1, -0.05) is 11.6 Å². The molecule has 0 atom stereocenters. The largest absolute Gasteiger partial charge is 0.490 e. The number of hydrogen-bond donors (Lipinski definition) is 1. The lowest BCUT2D eigenvalue weighted by Gasteiger charge is -2.27. The lowest BCUT2D eigenvalue weighted by atomic mass is 9.87. The Morgan fingerprint density at radius 3 is 2.32 bits per heavy atom. The number of aryl methyl sites for hydroxylation is 1. The molecule has 34 heavy (non-hydrogen) atoms. The fourth-order valence-electron chi connectivity index (χ4n) is 4.07. The molecule has 0 bridgehead atoms. The molecule has 1 saturated carbocycles. The van der Waals surface area contributed by atoms with E-state index in [4.69, 9.17) is 21.1 Å². The Morgan fingerprint density at radius 2 is 1.68 bits per heavy atom. The van der Waals surface area contributed by atoms with E-state index in [2.05, 4.69) is 5.32 Å². The summed E-state index contributed by atoms with van der Waals surface area (Å²) in [5.74, 6) is 0.438. The molecule has 3 rings (SSSR count). The zero-order valence-corrected chi connectivity index (χ0v) is 20.5. The monoisotopic (exact) mass is 485 g/mol. The second-order valence-corrected chi connectivity index (χ2v) is 9.02. The van der Waals surface area contributed by atoms with Gasteiger partial charge in [-0.15, -0.1) is 0 Å². The Bertz CT molecular complexity index is 997. The first-order valence-electron chi connectivity index (χ1n) is 11.9. The molecule has 6 nitrogen and oxygen atoms in total. The van der Waals surface area contributed by atoms with Crippen LogP contribution in [0.25, 0.3) is 0 Å². The maximum Gasteiger partial charge on any atom is 0.308 e. The van der Waals surface area contributed by atoms with E-state index in [1.807, 2.05) is 26.0 Å². The van der Waals surface area contributed by atoms with Crippen molar-refractivity contribution < 1.29 is 23.9 Å². The highest BCUT2D eigenvalue weighted by Gasteiger charge is 2.28. The van der Waals surface area contributed by atoms with Crippen LogP contribution in [-0.4, -0.2) is 36.9 Å². The number of esters is 1. The van der Waals surface area contributed by atoms with E-state index in [0.717, 1.165) is 37.0 Å². The number of carbonyl (C=O) groups excluding carboxylic acids is 3. The highest BCUT2D eigenvalue weighted by Crippen LogP contribution is 2.28. The minimum atomic E-state index is -0.176. The third-order valence-corrected chi connectivity index (χ3v) is 6.48. The van der Waals surface area contributed by atoms with Crippen molar-refractivity contribution >= 4 is 29.3 Å². The normalized spacial score (nSPS) is 17.6. The molecule has 182 valence electrons. The predicted octanol–water partition coefficient (Wildman–Crippen LogP) is 5.54. The summed E-state index contributed by atoms with van der Waals surface area (Å²) >= 11 is 6.00. The number of hydrogen-bond acceptors (Lipinski definition) is 5. The first-order valence-corrected chi connectivity index (χ1v) is 12.3. The molecule has 0 radical (unpaired) electrons. The van der Waals surface area contributed by atoms with Crippen LogP contribution in [0.15, 0.2) is 42.5 Å². The summed E-state index contributed by atoms with van der Waals surface area (Å²) in [4.78, 5) is 36.6. The maximum atomic E-state index is 12.5. The minimum Gasteiger partial charge on any atom is -0.490 e. The van der Waals surface area contributed by atoms with Gasteiger partial charge in [0.2, 0.25) is 0 Å². The van der Waals surface area contributed by atoms with Crippen LogP contribution in [0.2, 0.25) is 5.02 Å². The van der Waals surface area contributed by atoms with Gasteiger partial charge in [-0.25, -0.2) is 0 Å². The van der Waals surface area contributed by atoms with Crippen molar-refractivity contribution in [3.63, 3.8) is 0 Å². The molecule has 0 saturated heterocycles. The van der Waals surface area contributed by atoms with Crippen LogP contribution >= 0.6 is 11.6 Å². The van der Waals surface area contributed by atoms with Gasteiger partial charge in [0.15, 0.2) is 5.78 Å². The number of ether oxygens (including phenoxy) is 2. The number of Topliss-reactive ketones (excluding diaryl/α,β-unsaturated/α-hetero) is 1.